The van der Waals surface area contributed by atoms with Gasteiger partial charge in [-0.05, 0) is 29.0 Å². The number of furan rings is 1. The molecule has 0 unspecified atom stereocenters. The van der Waals surface area contributed by atoms with Crippen LogP contribution in [0.15, 0.2) is 69.4 Å². The maximum absolute atomic E-state index is 10.2. The van der Waals surface area contributed by atoms with Gasteiger partial charge >= 0.3 is 0 Å². The number of rotatable bonds is 2. The minimum absolute atomic E-state index is 0.120. The van der Waals surface area contributed by atoms with Gasteiger partial charge in [0.1, 0.15) is 18.1 Å². The fraction of sp³-hybridized carbons (Fsp3) is 0.0588. The van der Waals surface area contributed by atoms with E-state index >= 15 is 0 Å². The first-order valence-corrected chi connectivity index (χ1v) is 6.85. The summed E-state index contributed by atoms with van der Waals surface area (Å²) in [4.78, 5) is 0. The Balaban J connectivity index is 1.82. The summed E-state index contributed by atoms with van der Waals surface area (Å²) in [6.45, 7) is 0.245. The zero-order valence-electron chi connectivity index (χ0n) is 11.6. The van der Waals surface area contributed by atoms with Crippen molar-refractivity contribution in [1.82, 2.24) is 0 Å². The molecule has 2 heterocycles. The lowest BCUT2D eigenvalue weighted by Crippen LogP contribution is -2.19. The Hall–Kier alpha value is -3.08. The Labute approximate surface area is 126 Å². The van der Waals surface area contributed by atoms with Crippen LogP contribution in [0.3, 0.4) is 0 Å². The average Bonchev–Trinajstić information content (AvgIpc) is 3.09. The van der Waals surface area contributed by atoms with Gasteiger partial charge in [-0.25, -0.2) is 0 Å². The third kappa shape index (κ3) is 2.03. The van der Waals surface area contributed by atoms with Crippen molar-refractivity contribution in [2.45, 2.75) is 0 Å². The fourth-order valence-electron chi connectivity index (χ4n) is 2.47. The molecule has 0 aliphatic carbocycles. The van der Waals surface area contributed by atoms with Gasteiger partial charge in [0.05, 0.1) is 11.8 Å². The van der Waals surface area contributed by atoms with Crippen LogP contribution in [0.25, 0.3) is 10.8 Å². The van der Waals surface area contributed by atoms with Gasteiger partial charge in [-0.2, -0.15) is 0 Å². The summed E-state index contributed by atoms with van der Waals surface area (Å²) in [5.74, 6) is 1.06. The van der Waals surface area contributed by atoms with Crippen LogP contribution in [0.2, 0.25) is 0 Å². The molecule has 108 valence electrons. The highest BCUT2D eigenvalue weighted by atomic mass is 16.5. The topological polar surface area (TPSA) is 67.3 Å². The maximum Gasteiger partial charge on any atom is 0.245 e. The van der Waals surface area contributed by atoms with Gasteiger partial charge in [0, 0.05) is 0 Å². The van der Waals surface area contributed by atoms with E-state index in [-0.39, 0.29) is 12.4 Å². The molecular weight excluding hydrogens is 280 g/mol. The van der Waals surface area contributed by atoms with Crippen molar-refractivity contribution in [3.63, 3.8) is 0 Å². The largest absolute Gasteiger partial charge is 0.507 e. The second kappa shape index (κ2) is 5.04. The van der Waals surface area contributed by atoms with Crippen molar-refractivity contribution in [3.05, 3.63) is 66.1 Å². The Bertz CT molecular complexity index is 895. The second-order valence-corrected chi connectivity index (χ2v) is 4.90. The summed E-state index contributed by atoms with van der Waals surface area (Å²) in [5.41, 5.74) is 1.17. The highest BCUT2D eigenvalue weighted by Gasteiger charge is 2.20. The van der Waals surface area contributed by atoms with E-state index in [1.54, 1.807) is 24.5 Å². The molecule has 1 aliphatic rings. The molecule has 2 aromatic carbocycles. The highest BCUT2D eigenvalue weighted by molar-refractivity contribution is 6.11. The normalized spacial score (nSPS) is 14.4. The summed E-state index contributed by atoms with van der Waals surface area (Å²) in [6.07, 6.45) is 1.58. The zero-order valence-corrected chi connectivity index (χ0v) is 11.6. The van der Waals surface area contributed by atoms with Crippen LogP contribution in [0.4, 0.5) is 0 Å². The molecule has 0 atom stereocenters. The Morgan fingerprint density at radius 1 is 0.955 bits per heavy atom. The summed E-state index contributed by atoms with van der Waals surface area (Å²) in [7, 11) is 0. The van der Waals surface area contributed by atoms with Gasteiger partial charge < -0.3 is 14.3 Å². The Morgan fingerprint density at radius 2 is 1.86 bits per heavy atom. The predicted octanol–water partition coefficient (Wildman–Crippen LogP) is 3.32. The number of benzene rings is 2. The molecule has 0 saturated heterocycles. The van der Waals surface area contributed by atoms with Crippen molar-refractivity contribution in [2.24, 2.45) is 10.2 Å². The fourth-order valence-corrected chi connectivity index (χ4v) is 2.47. The molecule has 0 saturated carbocycles. The van der Waals surface area contributed by atoms with E-state index in [9.17, 15) is 5.11 Å². The van der Waals surface area contributed by atoms with Gasteiger partial charge in [0.2, 0.25) is 5.90 Å². The van der Waals surface area contributed by atoms with E-state index in [1.165, 1.54) is 0 Å². The van der Waals surface area contributed by atoms with Gasteiger partial charge in [0.15, 0.2) is 5.76 Å². The van der Waals surface area contributed by atoms with Crippen molar-refractivity contribution >= 4 is 22.4 Å². The maximum atomic E-state index is 10.2. The summed E-state index contributed by atoms with van der Waals surface area (Å²) in [6, 6.07) is 14.8. The van der Waals surface area contributed by atoms with Crippen LogP contribution < -0.4 is 0 Å². The van der Waals surface area contributed by atoms with Crippen LogP contribution in [-0.4, -0.2) is 23.3 Å². The minimum Gasteiger partial charge on any atom is -0.507 e. The van der Waals surface area contributed by atoms with E-state index in [0.717, 1.165) is 10.8 Å². The molecule has 0 bridgehead atoms. The van der Waals surface area contributed by atoms with Crippen molar-refractivity contribution in [3.8, 4) is 5.75 Å². The zero-order chi connectivity index (χ0) is 14.9. The number of phenols is 1. The highest BCUT2D eigenvalue weighted by Crippen LogP contribution is 2.29. The first-order valence-electron chi connectivity index (χ1n) is 6.85. The number of nitrogens with zero attached hydrogens (tertiary/aromatic N) is 2. The third-order valence-corrected chi connectivity index (χ3v) is 3.53. The Kier molecular flexibility index (Phi) is 2.89. The van der Waals surface area contributed by atoms with Gasteiger partial charge in [-0.15, -0.1) is 10.2 Å². The molecule has 5 nitrogen and oxygen atoms in total. The lowest BCUT2D eigenvalue weighted by molar-refractivity contribution is 0.352. The molecule has 0 spiro atoms. The molecule has 22 heavy (non-hydrogen) atoms. The van der Waals surface area contributed by atoms with E-state index in [1.807, 2.05) is 30.3 Å². The van der Waals surface area contributed by atoms with Crippen LogP contribution in [0.5, 0.6) is 5.75 Å². The number of fused-ring (bicyclic) bond motifs is 1. The molecule has 0 fully saturated rings. The molecular formula is C17H12N2O3. The first-order chi connectivity index (χ1) is 10.8. The lowest BCUT2D eigenvalue weighted by atomic mass is 10.0. The molecule has 4 rings (SSSR count). The standard InChI is InChI=1S/C17H12N2O3/c20-14-8-7-11-4-1-2-5-12(11)16(14)17-19-18-13(10-22-17)15-6-3-9-21-15/h1-9,20H,10H2. The van der Waals surface area contributed by atoms with Crippen LogP contribution >= 0.6 is 0 Å². The average molecular weight is 292 g/mol. The number of hydrogen-bond donors (Lipinski definition) is 1. The second-order valence-electron chi connectivity index (χ2n) is 4.90. The van der Waals surface area contributed by atoms with Crippen LogP contribution in [0.1, 0.15) is 11.3 Å². The Morgan fingerprint density at radius 3 is 2.64 bits per heavy atom. The summed E-state index contributed by atoms with van der Waals surface area (Å²) < 4.78 is 11.0. The molecule has 3 aromatic rings. The quantitative estimate of drug-likeness (QED) is 0.787. The smallest absolute Gasteiger partial charge is 0.245 e. The summed E-state index contributed by atoms with van der Waals surface area (Å²) >= 11 is 0. The first kappa shape index (κ1) is 12.6. The number of ether oxygens (including phenoxy) is 1. The van der Waals surface area contributed by atoms with E-state index in [4.69, 9.17) is 9.15 Å². The molecule has 5 heteroatoms. The molecule has 1 aromatic heterocycles. The number of aromatic hydroxyl groups is 1. The molecule has 0 amide bonds. The van der Waals surface area contributed by atoms with Gasteiger partial charge in [0.25, 0.3) is 0 Å². The van der Waals surface area contributed by atoms with E-state index < -0.39 is 0 Å². The van der Waals surface area contributed by atoms with Gasteiger partial charge in [-0.3, -0.25) is 0 Å². The van der Waals surface area contributed by atoms with Crippen molar-refractivity contribution in [1.29, 1.82) is 0 Å². The van der Waals surface area contributed by atoms with Gasteiger partial charge in [-0.1, -0.05) is 30.3 Å². The SMILES string of the molecule is Oc1ccc2ccccc2c1C1=NN=C(c2ccco2)CO1. The monoisotopic (exact) mass is 292 g/mol. The minimum atomic E-state index is 0.120. The van der Waals surface area contributed by atoms with Crippen LogP contribution in [0, 0.1) is 0 Å². The van der Waals surface area contributed by atoms with E-state index in [2.05, 4.69) is 10.2 Å². The summed E-state index contributed by atoms with van der Waals surface area (Å²) in [5, 5.41) is 20.3. The van der Waals surface area contributed by atoms with Crippen molar-refractivity contribution < 1.29 is 14.3 Å². The number of hydrogen-bond acceptors (Lipinski definition) is 5. The van der Waals surface area contributed by atoms with Crippen molar-refractivity contribution in [2.75, 3.05) is 6.61 Å². The molecule has 0 radical (unpaired) electrons. The van der Waals surface area contributed by atoms with E-state index in [0.29, 0.717) is 22.9 Å². The van der Waals surface area contributed by atoms with Crippen LogP contribution in [-0.2, 0) is 4.74 Å². The lowest BCUT2D eigenvalue weighted by Gasteiger charge is -2.15. The third-order valence-electron chi connectivity index (χ3n) is 3.53. The molecule has 1 aliphatic heterocycles. The predicted molar refractivity (Wildman–Crippen MR) is 83.3 cm³/mol. The number of phenolic OH excluding ortho intramolecular Hbond substituents is 1. The molecule has 1 N–H and O–H groups in total.